The van der Waals surface area contributed by atoms with E-state index >= 15 is 0 Å². The summed E-state index contributed by atoms with van der Waals surface area (Å²) in [6.45, 7) is 3.70. The van der Waals surface area contributed by atoms with Gasteiger partial charge in [0.25, 0.3) is 0 Å². The first-order chi connectivity index (χ1) is 12.1. The van der Waals surface area contributed by atoms with Crippen molar-refractivity contribution < 1.29 is 5.11 Å². The van der Waals surface area contributed by atoms with Gasteiger partial charge in [-0.1, -0.05) is 23.7 Å². The maximum atomic E-state index is 9.96. The fourth-order valence-corrected chi connectivity index (χ4v) is 4.68. The summed E-state index contributed by atoms with van der Waals surface area (Å²) in [6.07, 6.45) is 3.51. The monoisotopic (exact) mass is 373 g/mol. The van der Waals surface area contributed by atoms with Crippen LogP contribution < -0.4 is 4.90 Å². The van der Waals surface area contributed by atoms with E-state index in [2.05, 4.69) is 20.9 Å². The Labute approximate surface area is 156 Å². The quantitative estimate of drug-likeness (QED) is 0.728. The standard InChI is InChI=1S/C19H20ClN3OS/c1-12(24)14-3-2-8-23(10-14)19-18-16(21-11-22-19)9-17(25-18)13-4-6-15(20)7-5-13/h4-7,9,11-12,14,24H,2-3,8,10H2,1H3. The van der Waals surface area contributed by atoms with Gasteiger partial charge in [-0.15, -0.1) is 11.3 Å². The van der Waals surface area contributed by atoms with Crippen LogP contribution in [0, 0.1) is 5.92 Å². The van der Waals surface area contributed by atoms with Crippen molar-refractivity contribution >= 4 is 39.0 Å². The minimum absolute atomic E-state index is 0.284. The molecule has 25 heavy (non-hydrogen) atoms. The van der Waals surface area contributed by atoms with Crippen LogP contribution in [0.5, 0.6) is 0 Å². The number of hydrogen-bond acceptors (Lipinski definition) is 5. The number of benzene rings is 1. The highest BCUT2D eigenvalue weighted by atomic mass is 35.5. The molecule has 0 bridgehead atoms. The first-order valence-electron chi connectivity index (χ1n) is 8.55. The maximum absolute atomic E-state index is 9.96. The lowest BCUT2D eigenvalue weighted by Crippen LogP contribution is -2.40. The lowest BCUT2D eigenvalue weighted by atomic mass is 9.93. The molecular weight excluding hydrogens is 354 g/mol. The van der Waals surface area contributed by atoms with Gasteiger partial charge >= 0.3 is 0 Å². The van der Waals surface area contributed by atoms with Crippen LogP contribution in [-0.4, -0.2) is 34.3 Å². The van der Waals surface area contributed by atoms with Crippen molar-refractivity contribution in [3.63, 3.8) is 0 Å². The van der Waals surface area contributed by atoms with Crippen LogP contribution in [0.4, 0.5) is 5.82 Å². The Bertz CT molecular complexity index is 878. The van der Waals surface area contributed by atoms with Crippen LogP contribution in [0.2, 0.25) is 5.02 Å². The van der Waals surface area contributed by atoms with Crippen LogP contribution in [0.15, 0.2) is 36.7 Å². The molecule has 0 radical (unpaired) electrons. The maximum Gasteiger partial charge on any atom is 0.150 e. The molecule has 4 rings (SSSR count). The van der Waals surface area contributed by atoms with Crippen LogP contribution in [0.25, 0.3) is 20.7 Å². The molecule has 0 amide bonds. The van der Waals surface area contributed by atoms with Crippen molar-refractivity contribution in [3.05, 3.63) is 41.7 Å². The number of nitrogens with zero attached hydrogens (tertiary/aromatic N) is 3. The number of aromatic nitrogens is 2. The minimum atomic E-state index is -0.284. The number of piperidine rings is 1. The van der Waals surface area contributed by atoms with Gasteiger partial charge in [0.05, 0.1) is 16.3 Å². The molecule has 3 aromatic rings. The number of rotatable bonds is 3. The van der Waals surface area contributed by atoms with Gasteiger partial charge in [-0.3, -0.25) is 0 Å². The summed E-state index contributed by atoms with van der Waals surface area (Å²) in [7, 11) is 0. The van der Waals surface area contributed by atoms with Gasteiger partial charge in [0.1, 0.15) is 12.1 Å². The second-order valence-electron chi connectivity index (χ2n) is 6.62. The molecule has 0 spiro atoms. The molecule has 1 aliphatic heterocycles. The fraction of sp³-hybridized carbons (Fsp3) is 0.368. The highest BCUT2D eigenvalue weighted by molar-refractivity contribution is 7.22. The Morgan fingerprint density at radius 2 is 2.08 bits per heavy atom. The third kappa shape index (κ3) is 3.36. The molecule has 2 aromatic heterocycles. The highest BCUT2D eigenvalue weighted by Gasteiger charge is 2.26. The number of fused-ring (bicyclic) bond motifs is 1. The topological polar surface area (TPSA) is 49.2 Å². The molecule has 3 heterocycles. The number of aliphatic hydroxyl groups is 1. The molecule has 1 saturated heterocycles. The largest absolute Gasteiger partial charge is 0.393 e. The lowest BCUT2D eigenvalue weighted by molar-refractivity contribution is 0.115. The molecule has 4 nitrogen and oxygen atoms in total. The predicted molar refractivity (Wildman–Crippen MR) is 104 cm³/mol. The summed E-state index contributed by atoms with van der Waals surface area (Å²) in [6, 6.07) is 10.00. The summed E-state index contributed by atoms with van der Waals surface area (Å²) >= 11 is 7.71. The SMILES string of the molecule is CC(O)C1CCCN(c2ncnc3cc(-c4ccc(Cl)cc4)sc23)C1. The molecular formula is C19H20ClN3OS. The first kappa shape index (κ1) is 16.8. The van der Waals surface area contributed by atoms with E-state index in [-0.39, 0.29) is 6.10 Å². The highest BCUT2D eigenvalue weighted by Crippen LogP contribution is 2.38. The van der Waals surface area contributed by atoms with E-state index in [1.54, 1.807) is 17.7 Å². The normalized spacial score (nSPS) is 19.3. The van der Waals surface area contributed by atoms with Gasteiger partial charge in [0.15, 0.2) is 0 Å². The molecule has 1 aromatic carbocycles. The molecule has 2 unspecified atom stereocenters. The summed E-state index contributed by atoms with van der Waals surface area (Å²) in [5.74, 6) is 1.29. The molecule has 1 aliphatic rings. The van der Waals surface area contributed by atoms with E-state index in [0.717, 1.165) is 57.4 Å². The first-order valence-corrected chi connectivity index (χ1v) is 9.75. The fourth-order valence-electron chi connectivity index (χ4n) is 3.42. The third-order valence-electron chi connectivity index (χ3n) is 4.86. The van der Waals surface area contributed by atoms with Gasteiger partial charge in [-0.05, 0) is 43.5 Å². The Kier molecular flexibility index (Phi) is 4.63. The van der Waals surface area contributed by atoms with Gasteiger partial charge in [-0.25, -0.2) is 9.97 Å². The number of halogens is 1. The molecule has 0 aliphatic carbocycles. The average Bonchev–Trinajstić information content (AvgIpc) is 3.06. The Morgan fingerprint density at radius 3 is 2.84 bits per heavy atom. The van der Waals surface area contributed by atoms with Crippen molar-refractivity contribution in [3.8, 4) is 10.4 Å². The second-order valence-corrected chi connectivity index (χ2v) is 8.11. The van der Waals surface area contributed by atoms with E-state index in [1.807, 2.05) is 31.2 Å². The lowest BCUT2D eigenvalue weighted by Gasteiger charge is -2.35. The van der Waals surface area contributed by atoms with Gasteiger partial charge in [0.2, 0.25) is 0 Å². The van der Waals surface area contributed by atoms with Crippen molar-refractivity contribution in [2.75, 3.05) is 18.0 Å². The zero-order chi connectivity index (χ0) is 17.4. The smallest absolute Gasteiger partial charge is 0.150 e. The van der Waals surface area contributed by atoms with Crippen LogP contribution in [-0.2, 0) is 0 Å². The van der Waals surface area contributed by atoms with E-state index in [0.29, 0.717) is 5.92 Å². The van der Waals surface area contributed by atoms with E-state index in [1.165, 1.54) is 0 Å². The van der Waals surface area contributed by atoms with Gasteiger partial charge in [0, 0.05) is 28.9 Å². The Balaban J connectivity index is 1.71. The van der Waals surface area contributed by atoms with Crippen molar-refractivity contribution in [1.29, 1.82) is 0 Å². The summed E-state index contributed by atoms with van der Waals surface area (Å²) in [4.78, 5) is 12.5. The van der Waals surface area contributed by atoms with E-state index in [4.69, 9.17) is 11.6 Å². The number of anilines is 1. The zero-order valence-electron chi connectivity index (χ0n) is 14.0. The van der Waals surface area contributed by atoms with Crippen molar-refractivity contribution in [2.24, 2.45) is 5.92 Å². The predicted octanol–water partition coefficient (Wildman–Crippen LogP) is 4.61. The van der Waals surface area contributed by atoms with Crippen molar-refractivity contribution in [2.45, 2.75) is 25.9 Å². The van der Waals surface area contributed by atoms with E-state index < -0.39 is 0 Å². The zero-order valence-corrected chi connectivity index (χ0v) is 15.6. The molecule has 0 saturated carbocycles. The van der Waals surface area contributed by atoms with Crippen LogP contribution >= 0.6 is 22.9 Å². The number of hydrogen-bond donors (Lipinski definition) is 1. The minimum Gasteiger partial charge on any atom is -0.393 e. The average molecular weight is 374 g/mol. The summed E-state index contributed by atoms with van der Waals surface area (Å²) in [5, 5.41) is 10.7. The molecule has 2 atom stereocenters. The Hall–Kier alpha value is -1.69. The third-order valence-corrected chi connectivity index (χ3v) is 6.28. The van der Waals surface area contributed by atoms with Crippen LogP contribution in [0.1, 0.15) is 19.8 Å². The number of thiophene rings is 1. The molecule has 1 N–H and O–H groups in total. The Morgan fingerprint density at radius 1 is 1.28 bits per heavy atom. The van der Waals surface area contributed by atoms with Crippen molar-refractivity contribution in [1.82, 2.24) is 9.97 Å². The molecule has 1 fully saturated rings. The molecule has 6 heteroatoms. The van der Waals surface area contributed by atoms with Gasteiger partial charge < -0.3 is 10.0 Å². The second kappa shape index (κ2) is 6.90. The summed E-state index contributed by atoms with van der Waals surface area (Å²) in [5.41, 5.74) is 2.11. The van der Waals surface area contributed by atoms with Crippen LogP contribution in [0.3, 0.4) is 0 Å². The van der Waals surface area contributed by atoms with Gasteiger partial charge in [-0.2, -0.15) is 0 Å². The van der Waals surface area contributed by atoms with E-state index in [9.17, 15) is 5.11 Å². The number of aliphatic hydroxyl groups excluding tert-OH is 1. The summed E-state index contributed by atoms with van der Waals surface area (Å²) < 4.78 is 1.11. The molecule has 130 valence electrons.